The van der Waals surface area contributed by atoms with E-state index in [0.29, 0.717) is 16.5 Å². The Balaban J connectivity index is 2.28. The van der Waals surface area contributed by atoms with Crippen molar-refractivity contribution >= 4 is 39.7 Å². The monoisotopic (exact) mass is 286 g/mol. The number of carboxylic acids is 1. The first kappa shape index (κ1) is 12.8. The van der Waals surface area contributed by atoms with Gasteiger partial charge in [0.05, 0.1) is 5.69 Å². The van der Waals surface area contributed by atoms with E-state index in [0.717, 1.165) is 11.3 Å². The van der Waals surface area contributed by atoms with Crippen LogP contribution >= 0.6 is 22.9 Å². The van der Waals surface area contributed by atoms with Gasteiger partial charge in [0.2, 0.25) is 0 Å². The Kier molecular flexibility index (Phi) is 3.49. The average Bonchev–Trinajstić information content (AvgIpc) is 2.57. The number of rotatable bonds is 3. The SMILES string of the molecule is Cc1nc(Nc2cc(F)cc(Cl)c2)sc1C(=O)O. The summed E-state index contributed by atoms with van der Waals surface area (Å²) in [5.74, 6) is -1.51. The summed E-state index contributed by atoms with van der Waals surface area (Å²) >= 11 is 6.70. The van der Waals surface area contributed by atoms with Crippen LogP contribution in [0.3, 0.4) is 0 Å². The van der Waals surface area contributed by atoms with E-state index in [1.54, 1.807) is 6.92 Å². The van der Waals surface area contributed by atoms with Crippen LogP contribution in [0, 0.1) is 12.7 Å². The minimum Gasteiger partial charge on any atom is -0.477 e. The molecule has 1 heterocycles. The second-order valence-corrected chi connectivity index (χ2v) is 4.96. The number of hydrogen-bond acceptors (Lipinski definition) is 4. The minimum atomic E-state index is -1.03. The molecule has 0 bridgehead atoms. The van der Waals surface area contributed by atoms with Crippen molar-refractivity contribution in [2.45, 2.75) is 6.92 Å². The smallest absolute Gasteiger partial charge is 0.347 e. The first-order valence-electron chi connectivity index (χ1n) is 4.89. The molecule has 1 aromatic heterocycles. The van der Waals surface area contributed by atoms with Gasteiger partial charge in [-0.3, -0.25) is 0 Å². The summed E-state index contributed by atoms with van der Waals surface area (Å²) in [4.78, 5) is 15.1. The van der Waals surface area contributed by atoms with Gasteiger partial charge in [-0.05, 0) is 25.1 Å². The molecule has 0 saturated carbocycles. The molecule has 0 unspecified atom stereocenters. The third kappa shape index (κ3) is 2.77. The standard InChI is InChI=1S/C11H8ClFN2O2S/c1-5-9(10(16)17)18-11(14-5)15-8-3-6(12)2-7(13)4-8/h2-4H,1H3,(H,14,15)(H,16,17). The first-order chi connectivity index (χ1) is 8.45. The van der Waals surface area contributed by atoms with Crippen LogP contribution < -0.4 is 5.32 Å². The van der Waals surface area contributed by atoms with E-state index in [2.05, 4.69) is 10.3 Å². The van der Waals surface area contributed by atoms with Gasteiger partial charge in [0.1, 0.15) is 10.7 Å². The number of anilines is 2. The predicted molar refractivity (Wildman–Crippen MR) is 68.5 cm³/mol. The Bertz CT molecular complexity index is 595. The third-order valence-corrected chi connectivity index (χ3v) is 3.38. The summed E-state index contributed by atoms with van der Waals surface area (Å²) in [6.45, 7) is 1.60. The highest BCUT2D eigenvalue weighted by Crippen LogP contribution is 2.27. The zero-order valence-electron chi connectivity index (χ0n) is 9.20. The number of thiazole rings is 1. The lowest BCUT2D eigenvalue weighted by molar-refractivity contribution is 0.0701. The van der Waals surface area contributed by atoms with Crippen molar-refractivity contribution in [1.82, 2.24) is 4.98 Å². The van der Waals surface area contributed by atoms with Crippen LogP contribution in [0.25, 0.3) is 0 Å². The van der Waals surface area contributed by atoms with Gasteiger partial charge in [0.25, 0.3) is 0 Å². The minimum absolute atomic E-state index is 0.153. The zero-order chi connectivity index (χ0) is 13.3. The highest BCUT2D eigenvalue weighted by molar-refractivity contribution is 7.17. The molecular weight excluding hydrogens is 279 g/mol. The molecule has 0 fully saturated rings. The number of halogens is 2. The van der Waals surface area contributed by atoms with Gasteiger partial charge >= 0.3 is 5.97 Å². The number of aryl methyl sites for hydroxylation is 1. The number of aromatic nitrogens is 1. The number of benzene rings is 1. The highest BCUT2D eigenvalue weighted by Gasteiger charge is 2.14. The van der Waals surface area contributed by atoms with Crippen LogP contribution in [0.2, 0.25) is 5.02 Å². The van der Waals surface area contributed by atoms with E-state index in [-0.39, 0.29) is 9.90 Å². The summed E-state index contributed by atoms with van der Waals surface area (Å²) in [6.07, 6.45) is 0. The van der Waals surface area contributed by atoms with Gasteiger partial charge in [-0.2, -0.15) is 0 Å². The molecule has 0 aliphatic heterocycles. The predicted octanol–water partition coefficient (Wildman–Crippen LogP) is 3.69. The number of carbonyl (C=O) groups is 1. The molecule has 0 radical (unpaired) electrons. The van der Waals surface area contributed by atoms with Crippen LogP contribution in [-0.4, -0.2) is 16.1 Å². The summed E-state index contributed by atoms with van der Waals surface area (Å²) in [6, 6.07) is 3.97. The Morgan fingerprint density at radius 2 is 2.22 bits per heavy atom. The summed E-state index contributed by atoms with van der Waals surface area (Å²) in [5.41, 5.74) is 0.836. The largest absolute Gasteiger partial charge is 0.477 e. The van der Waals surface area contributed by atoms with Crippen LogP contribution in [0.4, 0.5) is 15.2 Å². The van der Waals surface area contributed by atoms with E-state index >= 15 is 0 Å². The Morgan fingerprint density at radius 1 is 1.50 bits per heavy atom. The number of nitrogens with one attached hydrogen (secondary N) is 1. The fourth-order valence-corrected chi connectivity index (χ4v) is 2.45. The van der Waals surface area contributed by atoms with Crippen molar-refractivity contribution in [1.29, 1.82) is 0 Å². The maximum Gasteiger partial charge on any atom is 0.347 e. The lowest BCUT2D eigenvalue weighted by atomic mass is 10.3. The fourth-order valence-electron chi connectivity index (χ4n) is 1.40. The molecule has 94 valence electrons. The second kappa shape index (κ2) is 4.91. The van der Waals surface area contributed by atoms with Crippen molar-refractivity contribution in [3.05, 3.63) is 39.6 Å². The molecule has 1 aromatic carbocycles. The fraction of sp³-hybridized carbons (Fsp3) is 0.0909. The molecule has 0 saturated heterocycles. The van der Waals surface area contributed by atoms with Crippen molar-refractivity contribution in [2.75, 3.05) is 5.32 Å². The number of hydrogen-bond donors (Lipinski definition) is 2. The molecule has 0 amide bonds. The second-order valence-electron chi connectivity index (χ2n) is 3.52. The van der Waals surface area contributed by atoms with Crippen molar-refractivity contribution in [3.8, 4) is 0 Å². The highest BCUT2D eigenvalue weighted by atomic mass is 35.5. The van der Waals surface area contributed by atoms with Crippen molar-refractivity contribution < 1.29 is 14.3 Å². The molecule has 0 spiro atoms. The molecule has 0 atom stereocenters. The van der Waals surface area contributed by atoms with Gasteiger partial charge in [0, 0.05) is 10.7 Å². The van der Waals surface area contributed by atoms with Gasteiger partial charge in [-0.25, -0.2) is 14.2 Å². The summed E-state index contributed by atoms with van der Waals surface area (Å²) in [7, 11) is 0. The molecule has 2 rings (SSSR count). The summed E-state index contributed by atoms with van der Waals surface area (Å²) < 4.78 is 13.1. The van der Waals surface area contributed by atoms with Gasteiger partial charge in [0.15, 0.2) is 5.13 Å². The van der Waals surface area contributed by atoms with Gasteiger partial charge in [-0.1, -0.05) is 22.9 Å². The summed E-state index contributed by atoms with van der Waals surface area (Å²) in [5, 5.41) is 12.4. The molecule has 0 aliphatic rings. The van der Waals surface area contributed by atoms with Crippen molar-refractivity contribution in [3.63, 3.8) is 0 Å². The lowest BCUT2D eigenvalue weighted by Gasteiger charge is -2.02. The molecular formula is C11H8ClFN2O2S. The Hall–Kier alpha value is -1.66. The Morgan fingerprint density at radius 3 is 2.78 bits per heavy atom. The third-order valence-electron chi connectivity index (χ3n) is 2.10. The van der Waals surface area contributed by atoms with Gasteiger partial charge in [-0.15, -0.1) is 0 Å². The lowest BCUT2D eigenvalue weighted by Crippen LogP contribution is -1.94. The van der Waals surface area contributed by atoms with Crippen molar-refractivity contribution in [2.24, 2.45) is 0 Å². The van der Waals surface area contributed by atoms with E-state index in [4.69, 9.17) is 16.7 Å². The molecule has 4 nitrogen and oxygen atoms in total. The molecule has 18 heavy (non-hydrogen) atoms. The normalized spacial score (nSPS) is 10.4. The molecule has 2 aromatic rings. The van der Waals surface area contributed by atoms with Crippen LogP contribution in [0.1, 0.15) is 15.4 Å². The molecule has 2 N–H and O–H groups in total. The van der Waals surface area contributed by atoms with E-state index < -0.39 is 11.8 Å². The number of carboxylic acid groups (broad SMARTS) is 1. The van der Waals surface area contributed by atoms with Crippen LogP contribution in [0.5, 0.6) is 0 Å². The Labute approximate surface area is 111 Å². The quantitative estimate of drug-likeness (QED) is 0.903. The van der Waals surface area contributed by atoms with E-state index in [9.17, 15) is 9.18 Å². The van der Waals surface area contributed by atoms with Gasteiger partial charge < -0.3 is 10.4 Å². The maximum atomic E-state index is 13.1. The topological polar surface area (TPSA) is 62.2 Å². The first-order valence-corrected chi connectivity index (χ1v) is 6.09. The van der Waals surface area contributed by atoms with E-state index in [1.807, 2.05) is 0 Å². The maximum absolute atomic E-state index is 13.1. The average molecular weight is 287 g/mol. The zero-order valence-corrected chi connectivity index (χ0v) is 10.8. The van der Waals surface area contributed by atoms with Crippen LogP contribution in [-0.2, 0) is 0 Å². The molecule has 7 heteroatoms. The number of nitrogens with zero attached hydrogens (tertiary/aromatic N) is 1. The molecule has 0 aliphatic carbocycles. The number of aromatic carboxylic acids is 1. The van der Waals surface area contributed by atoms with Crippen LogP contribution in [0.15, 0.2) is 18.2 Å². The van der Waals surface area contributed by atoms with E-state index in [1.165, 1.54) is 18.2 Å².